The molecule has 1 spiro atoms. The van der Waals surface area contributed by atoms with Crippen LogP contribution in [-0.2, 0) is 44.1 Å². The second kappa shape index (κ2) is 19.0. The highest BCUT2D eigenvalue weighted by atomic mass is 28.3. The smallest absolute Gasteiger partial charge is 0.268 e. The molecule has 5 aromatic rings. The summed E-state index contributed by atoms with van der Waals surface area (Å²) in [5, 5.41) is 24.7. The first-order valence-corrected chi connectivity index (χ1v) is 26.8. The van der Waals surface area contributed by atoms with Crippen LogP contribution in [0, 0.1) is 5.92 Å². The minimum atomic E-state index is -2.67. The van der Waals surface area contributed by atoms with E-state index in [0.29, 0.717) is 73.8 Å². The number of hydrogen-bond donors (Lipinski definition) is 3. The van der Waals surface area contributed by atoms with Gasteiger partial charge in [-0.05, 0) is 122 Å². The van der Waals surface area contributed by atoms with E-state index in [9.17, 15) is 19.8 Å². The third kappa shape index (κ3) is 8.24. The largest absolute Gasteiger partial charge is 0.497 e. The number of aliphatic hydroxyl groups is 2. The molecule has 5 aromatic carbocycles. The molecule has 12 nitrogen and oxygen atoms in total. The van der Waals surface area contributed by atoms with Crippen LogP contribution in [0.15, 0.2) is 115 Å². The first-order valence-electron chi connectivity index (χ1n) is 23.7. The number of ether oxygens (including phenoxy) is 3. The van der Waals surface area contributed by atoms with E-state index in [1.807, 2.05) is 104 Å². The molecule has 4 aliphatic heterocycles. The van der Waals surface area contributed by atoms with E-state index < -0.39 is 37.8 Å². The van der Waals surface area contributed by atoms with Gasteiger partial charge in [-0.25, -0.2) is 0 Å². The first-order chi connectivity index (χ1) is 32.4. The molecular formula is C54H62N4O8Si. The molecular weight excluding hydrogens is 861 g/mol. The minimum Gasteiger partial charge on any atom is -0.497 e. The van der Waals surface area contributed by atoms with Crippen molar-refractivity contribution in [3.8, 4) is 11.5 Å². The number of unbranched alkanes of at least 4 members (excludes halogenated alkanes) is 1. The van der Waals surface area contributed by atoms with Gasteiger partial charge in [0, 0.05) is 36.0 Å². The van der Waals surface area contributed by atoms with Crippen LogP contribution in [0.25, 0.3) is 0 Å². The highest BCUT2D eigenvalue weighted by Gasteiger charge is 2.67. The molecule has 1 saturated heterocycles. The molecule has 6 atom stereocenters. The summed E-state index contributed by atoms with van der Waals surface area (Å²) in [5.74, 6) is 0.520. The van der Waals surface area contributed by atoms with Crippen molar-refractivity contribution in [3.05, 3.63) is 138 Å². The van der Waals surface area contributed by atoms with Gasteiger partial charge in [0.05, 0.1) is 64.4 Å². The SMILES string of the molecule is CCOc1ccc2c(c1)CC(NCCCCO)C(=O)N2c1ccc2c(c1)[C@]1(O[C@@H](CC(=O)N3Cc4ccccc4C[C@H]3CO)[C@H]([Si](C)(C)c3ccc(OC)cc3)[C@H]1C)C(=O)N2c1ccccc1. The molecule has 9 rings (SSSR count). The van der Waals surface area contributed by atoms with Crippen molar-refractivity contribution >= 4 is 53.7 Å². The van der Waals surface area contributed by atoms with Crippen LogP contribution in [0.5, 0.6) is 11.5 Å². The summed E-state index contributed by atoms with van der Waals surface area (Å²) >= 11 is 0. The first kappa shape index (κ1) is 46.3. The Kier molecular flexibility index (Phi) is 13.2. The lowest BCUT2D eigenvalue weighted by Gasteiger charge is -2.39. The summed E-state index contributed by atoms with van der Waals surface area (Å²) in [6.07, 6.45) is 1.68. The molecule has 350 valence electrons. The fourth-order valence-corrected chi connectivity index (χ4v) is 15.5. The predicted molar refractivity (Wildman–Crippen MR) is 262 cm³/mol. The molecule has 0 radical (unpaired) electrons. The Balaban J connectivity index is 1.18. The number of nitrogens with zero attached hydrogens (tertiary/aromatic N) is 3. The van der Waals surface area contributed by atoms with E-state index in [4.69, 9.17) is 14.2 Å². The van der Waals surface area contributed by atoms with E-state index in [1.165, 1.54) is 0 Å². The van der Waals surface area contributed by atoms with E-state index in [0.717, 1.165) is 33.3 Å². The number of aliphatic hydroxyl groups excluding tert-OH is 2. The summed E-state index contributed by atoms with van der Waals surface area (Å²) in [4.78, 5) is 50.9. The van der Waals surface area contributed by atoms with Gasteiger partial charge in [-0.1, -0.05) is 79.8 Å². The van der Waals surface area contributed by atoms with Gasteiger partial charge >= 0.3 is 0 Å². The lowest BCUT2D eigenvalue weighted by Crippen LogP contribution is -2.52. The quantitative estimate of drug-likeness (QED) is 0.0731. The number of rotatable bonds is 15. The van der Waals surface area contributed by atoms with Crippen molar-refractivity contribution in [3.63, 3.8) is 0 Å². The van der Waals surface area contributed by atoms with Crippen LogP contribution in [0.4, 0.5) is 22.7 Å². The topological polar surface area (TPSA) is 141 Å². The lowest BCUT2D eigenvalue weighted by atomic mass is 9.82. The second-order valence-corrected chi connectivity index (χ2v) is 23.6. The Morgan fingerprint density at radius 2 is 1.54 bits per heavy atom. The molecule has 0 saturated carbocycles. The van der Waals surface area contributed by atoms with Gasteiger partial charge in [-0.3, -0.25) is 24.2 Å². The molecule has 3 amide bonds. The van der Waals surface area contributed by atoms with Crippen LogP contribution in [0.3, 0.4) is 0 Å². The normalized spacial score (nSPS) is 23.3. The maximum atomic E-state index is 15.9. The molecule has 4 heterocycles. The molecule has 0 aromatic heterocycles. The fraction of sp³-hybridized carbons (Fsp3) is 0.389. The van der Waals surface area contributed by atoms with Gasteiger partial charge in [0.15, 0.2) is 5.60 Å². The highest BCUT2D eigenvalue weighted by molar-refractivity contribution is 6.91. The molecule has 1 unspecified atom stereocenters. The zero-order valence-electron chi connectivity index (χ0n) is 39.1. The molecule has 1 fully saturated rings. The second-order valence-electron chi connectivity index (χ2n) is 18.9. The molecule has 4 aliphatic rings. The van der Waals surface area contributed by atoms with Crippen LogP contribution in [-0.4, -0.2) is 92.6 Å². The Labute approximate surface area is 394 Å². The maximum Gasteiger partial charge on any atom is 0.268 e. The number of carbonyl (C=O) groups excluding carboxylic acids is 3. The van der Waals surface area contributed by atoms with Crippen LogP contribution in [0.1, 0.15) is 55.4 Å². The third-order valence-corrected chi connectivity index (χ3v) is 19.1. The average molecular weight is 923 g/mol. The van der Waals surface area contributed by atoms with E-state index in [1.54, 1.807) is 21.8 Å². The molecule has 3 N–H and O–H groups in total. The van der Waals surface area contributed by atoms with Gasteiger partial charge in [-0.15, -0.1) is 0 Å². The van der Waals surface area contributed by atoms with E-state index in [-0.39, 0.29) is 42.9 Å². The molecule has 0 bridgehead atoms. The van der Waals surface area contributed by atoms with E-state index >= 15 is 4.79 Å². The number of fused-ring (bicyclic) bond motifs is 4. The predicted octanol–water partition coefficient (Wildman–Crippen LogP) is 7.28. The summed E-state index contributed by atoms with van der Waals surface area (Å²) in [6.45, 7) is 9.97. The number of methoxy groups -OCH3 is 1. The summed E-state index contributed by atoms with van der Waals surface area (Å²) in [6, 6.07) is 36.5. The van der Waals surface area contributed by atoms with Gasteiger partial charge in [0.1, 0.15) is 11.5 Å². The van der Waals surface area contributed by atoms with Crippen molar-refractivity contribution in [1.82, 2.24) is 10.2 Å². The minimum absolute atomic E-state index is 0.0133. The number of carbonyl (C=O) groups is 3. The van der Waals surface area contributed by atoms with Gasteiger partial charge < -0.3 is 34.6 Å². The van der Waals surface area contributed by atoms with Gasteiger partial charge in [-0.2, -0.15) is 0 Å². The van der Waals surface area contributed by atoms with Gasteiger partial charge in [0.2, 0.25) is 11.8 Å². The van der Waals surface area contributed by atoms with Crippen molar-refractivity contribution in [2.75, 3.05) is 43.3 Å². The number of benzene rings is 5. The number of amides is 3. The zero-order valence-corrected chi connectivity index (χ0v) is 40.1. The zero-order chi connectivity index (χ0) is 47.0. The van der Waals surface area contributed by atoms with Crippen molar-refractivity contribution in [1.29, 1.82) is 0 Å². The highest BCUT2D eigenvalue weighted by Crippen LogP contribution is 2.62. The Morgan fingerprint density at radius 3 is 2.25 bits per heavy atom. The summed E-state index contributed by atoms with van der Waals surface area (Å²) in [5.41, 5.74) is 4.65. The van der Waals surface area contributed by atoms with Crippen molar-refractivity contribution < 1.29 is 38.8 Å². The Bertz CT molecular complexity index is 2630. The molecule has 0 aliphatic carbocycles. The van der Waals surface area contributed by atoms with Crippen molar-refractivity contribution in [2.24, 2.45) is 5.92 Å². The monoisotopic (exact) mass is 922 g/mol. The lowest BCUT2D eigenvalue weighted by molar-refractivity contribution is -0.150. The van der Waals surface area contributed by atoms with Crippen LogP contribution < -0.4 is 29.8 Å². The average Bonchev–Trinajstić information content (AvgIpc) is 3.78. The number of hydrogen-bond acceptors (Lipinski definition) is 9. The maximum absolute atomic E-state index is 15.9. The van der Waals surface area contributed by atoms with E-state index in [2.05, 4.69) is 43.5 Å². The summed E-state index contributed by atoms with van der Waals surface area (Å²) < 4.78 is 19.0. The molecule has 67 heavy (non-hydrogen) atoms. The number of nitrogens with one attached hydrogen (secondary N) is 1. The molecule has 13 heteroatoms. The number of anilines is 4. The third-order valence-electron chi connectivity index (χ3n) is 14.8. The van der Waals surface area contributed by atoms with Crippen molar-refractivity contribution in [2.45, 2.75) is 94.9 Å². The van der Waals surface area contributed by atoms with Gasteiger partial charge in [0.25, 0.3) is 5.91 Å². The Hall–Kier alpha value is -5.83. The summed E-state index contributed by atoms with van der Waals surface area (Å²) in [7, 11) is -1.02. The Morgan fingerprint density at radius 1 is 0.821 bits per heavy atom. The standard InChI is InChI=1S/C54H62N4O8Si/c1-6-65-43-21-25-47-38(29-43)30-46(55-26-12-13-27-59)52(62)57(47)40-18-24-48-45(31-40)54(53(63)58(48)39-16-8-7-9-17-39)35(2)51(67(4,5)44-22-19-42(64-3)20-23-44)49(66-54)32-50(61)56-33-37-15-11-10-14-36(37)28-41(56)34-60/h7-11,14-25,29,31,35,41,46,49,51,55,59-60H,6,12-13,26-28,30,32-34H2,1-5H3/t35-,41+,46?,49+,51-,54+/m1/s1. The van der Waals surface area contributed by atoms with Crippen LogP contribution in [0.2, 0.25) is 18.6 Å². The van der Waals surface area contributed by atoms with Crippen LogP contribution >= 0.6 is 0 Å². The fourth-order valence-electron chi connectivity index (χ4n) is 11.5. The number of para-hydroxylation sites is 1.